The molecule has 0 aliphatic rings. The van der Waals surface area contributed by atoms with Crippen molar-refractivity contribution in [3.63, 3.8) is 0 Å². The van der Waals surface area contributed by atoms with E-state index in [0.29, 0.717) is 11.3 Å². The number of benzene rings is 1. The second-order valence-electron chi connectivity index (χ2n) is 4.24. The maximum atomic E-state index is 12.2. The molecule has 1 rings (SSSR count). The van der Waals surface area contributed by atoms with E-state index in [4.69, 9.17) is 23.1 Å². The van der Waals surface area contributed by atoms with Crippen LogP contribution in [0, 0.1) is 24.5 Å². The van der Waals surface area contributed by atoms with Gasteiger partial charge in [0.1, 0.15) is 0 Å². The van der Waals surface area contributed by atoms with E-state index in [1.807, 2.05) is 6.07 Å². The van der Waals surface area contributed by atoms with Gasteiger partial charge in [-0.3, -0.25) is 9.64 Å². The third kappa shape index (κ3) is 2.60. The van der Waals surface area contributed by atoms with Crippen molar-refractivity contribution >= 4 is 11.7 Å². The number of nitriles is 1. The van der Waals surface area contributed by atoms with Gasteiger partial charge in [0, 0.05) is 0 Å². The van der Waals surface area contributed by atoms with Gasteiger partial charge in [-0.25, -0.2) is 11.4 Å². The predicted molar refractivity (Wildman–Crippen MR) is 72.7 cm³/mol. The lowest BCUT2D eigenvalue weighted by atomic mass is 9.76. The molecule has 0 amide bonds. The lowest BCUT2D eigenvalue weighted by molar-refractivity contribution is -0.149. The molecular formula is C15H13N3O2. The first kappa shape index (κ1) is 15.2. The minimum atomic E-state index is -1.37. The Morgan fingerprint density at radius 3 is 2.45 bits per heavy atom. The molecule has 20 heavy (non-hydrogen) atoms. The smallest absolute Gasteiger partial charge is 0.326 e. The summed E-state index contributed by atoms with van der Waals surface area (Å²) >= 11 is 0. The second kappa shape index (κ2) is 6.36. The third-order valence-corrected chi connectivity index (χ3v) is 3.09. The first-order valence-electron chi connectivity index (χ1n) is 5.96. The molecule has 0 aliphatic carbocycles. The zero-order valence-electron chi connectivity index (χ0n) is 11.3. The molecule has 0 radical (unpaired) electrons. The topological polar surface area (TPSA) is 58.8 Å². The molecule has 0 saturated heterocycles. The fraction of sp³-hybridized carbons (Fsp3) is 0.333. The van der Waals surface area contributed by atoms with Crippen LogP contribution >= 0.6 is 0 Å². The predicted octanol–water partition coefficient (Wildman–Crippen LogP) is 2.87. The van der Waals surface area contributed by atoms with E-state index in [1.165, 1.54) is 6.92 Å². The summed E-state index contributed by atoms with van der Waals surface area (Å²) in [5, 5.41) is 9.12. The number of rotatable bonds is 4. The maximum absolute atomic E-state index is 12.2. The minimum Gasteiger partial charge on any atom is -0.465 e. The molecule has 0 bridgehead atoms. The molecular weight excluding hydrogens is 254 g/mol. The van der Waals surface area contributed by atoms with Gasteiger partial charge < -0.3 is 4.74 Å². The zero-order valence-corrected chi connectivity index (χ0v) is 11.3. The number of ether oxygens (including phenoxy) is 1. The summed E-state index contributed by atoms with van der Waals surface area (Å²) < 4.78 is 5.01. The molecule has 2 atom stereocenters. The van der Waals surface area contributed by atoms with Crippen molar-refractivity contribution in [2.75, 3.05) is 6.61 Å². The van der Waals surface area contributed by atoms with Crippen molar-refractivity contribution < 1.29 is 9.53 Å². The van der Waals surface area contributed by atoms with Gasteiger partial charge >= 0.3 is 12.0 Å². The van der Waals surface area contributed by atoms with E-state index in [1.54, 1.807) is 31.2 Å². The summed E-state index contributed by atoms with van der Waals surface area (Å²) in [7, 11) is 0. The van der Waals surface area contributed by atoms with Gasteiger partial charge in [-0.05, 0) is 19.4 Å². The molecule has 2 unspecified atom stereocenters. The summed E-state index contributed by atoms with van der Waals surface area (Å²) in [6.07, 6.45) is 0. The SMILES string of the molecule is [C-]#[N+]c1ccc(C(C)(C(=O)OCC)C(C#N)[N+]#[C-])cc1. The molecule has 1 aromatic carbocycles. The zero-order chi connectivity index (χ0) is 15.2. The highest BCUT2D eigenvalue weighted by atomic mass is 16.5. The Bertz CT molecular complexity index is 602. The quantitative estimate of drug-likeness (QED) is 0.622. The highest BCUT2D eigenvalue weighted by Crippen LogP contribution is 2.32. The average Bonchev–Trinajstić information content (AvgIpc) is 2.48. The van der Waals surface area contributed by atoms with Crippen LogP contribution in [-0.4, -0.2) is 18.6 Å². The molecule has 5 heteroatoms. The van der Waals surface area contributed by atoms with E-state index >= 15 is 0 Å². The van der Waals surface area contributed by atoms with Crippen LogP contribution in [0.1, 0.15) is 19.4 Å². The van der Waals surface area contributed by atoms with E-state index in [2.05, 4.69) is 9.69 Å². The maximum Gasteiger partial charge on any atom is 0.326 e. The molecule has 0 fully saturated rings. The van der Waals surface area contributed by atoms with Crippen LogP contribution in [0.2, 0.25) is 0 Å². The largest absolute Gasteiger partial charge is 0.465 e. The molecule has 5 nitrogen and oxygen atoms in total. The molecule has 0 heterocycles. The normalized spacial score (nSPS) is 13.9. The van der Waals surface area contributed by atoms with E-state index in [-0.39, 0.29) is 6.61 Å². The standard InChI is InChI=1S/C15H13N3O2/c1-5-20-14(19)15(2,13(10-16)18-4)11-6-8-12(17-3)9-7-11/h6-9,13H,5H2,1-2H3. The van der Waals surface area contributed by atoms with E-state index in [0.717, 1.165) is 0 Å². The summed E-state index contributed by atoms with van der Waals surface area (Å²) in [5.41, 5.74) is -0.449. The number of esters is 1. The summed E-state index contributed by atoms with van der Waals surface area (Å²) in [6.45, 7) is 17.4. The Hall–Kier alpha value is -2.84. The first-order valence-corrected chi connectivity index (χ1v) is 5.96. The summed E-state index contributed by atoms with van der Waals surface area (Å²) in [4.78, 5) is 18.7. The lowest BCUT2D eigenvalue weighted by Gasteiger charge is -2.25. The minimum absolute atomic E-state index is 0.171. The van der Waals surface area contributed by atoms with Crippen LogP contribution in [0.5, 0.6) is 0 Å². The van der Waals surface area contributed by atoms with E-state index < -0.39 is 17.4 Å². The Balaban J connectivity index is 3.38. The van der Waals surface area contributed by atoms with Crippen LogP contribution in [0.25, 0.3) is 9.69 Å². The fourth-order valence-corrected chi connectivity index (χ4v) is 1.84. The molecule has 0 saturated carbocycles. The number of nitrogens with zero attached hydrogens (tertiary/aromatic N) is 3. The van der Waals surface area contributed by atoms with Crippen LogP contribution in [-0.2, 0) is 14.9 Å². The van der Waals surface area contributed by atoms with Gasteiger partial charge in [-0.2, -0.15) is 5.26 Å². The van der Waals surface area contributed by atoms with Gasteiger partial charge in [-0.1, -0.05) is 24.3 Å². The van der Waals surface area contributed by atoms with Crippen LogP contribution < -0.4 is 0 Å². The van der Waals surface area contributed by atoms with Gasteiger partial charge in [0.25, 0.3) is 0 Å². The third-order valence-electron chi connectivity index (χ3n) is 3.09. The molecule has 0 N–H and O–H groups in total. The van der Waals surface area contributed by atoms with Crippen molar-refractivity contribution in [3.05, 3.63) is 52.7 Å². The van der Waals surface area contributed by atoms with Crippen molar-refractivity contribution in [2.24, 2.45) is 0 Å². The summed E-state index contributed by atoms with van der Waals surface area (Å²) in [6, 6.07) is 6.94. The molecule has 0 aromatic heterocycles. The molecule has 0 aliphatic heterocycles. The number of carbonyl (C=O) groups is 1. The molecule has 0 spiro atoms. The van der Waals surface area contributed by atoms with E-state index in [9.17, 15) is 4.79 Å². The number of hydrogen-bond donors (Lipinski definition) is 0. The van der Waals surface area contributed by atoms with Gasteiger partial charge in [-0.15, -0.1) is 0 Å². The summed E-state index contributed by atoms with van der Waals surface area (Å²) in [5.74, 6) is -0.613. The van der Waals surface area contributed by atoms with Crippen molar-refractivity contribution in [2.45, 2.75) is 25.3 Å². The number of carbonyl (C=O) groups excluding carboxylic acids is 1. The van der Waals surface area contributed by atoms with Crippen molar-refractivity contribution in [1.29, 1.82) is 5.26 Å². The highest BCUT2D eigenvalue weighted by Gasteiger charge is 2.49. The fourth-order valence-electron chi connectivity index (χ4n) is 1.84. The highest BCUT2D eigenvalue weighted by molar-refractivity contribution is 5.85. The Morgan fingerprint density at radius 1 is 1.45 bits per heavy atom. The van der Waals surface area contributed by atoms with Gasteiger partial charge in [0.2, 0.25) is 0 Å². The van der Waals surface area contributed by atoms with Gasteiger partial charge in [0.15, 0.2) is 17.2 Å². The van der Waals surface area contributed by atoms with Crippen LogP contribution in [0.15, 0.2) is 24.3 Å². The Morgan fingerprint density at radius 2 is 2.05 bits per heavy atom. The second-order valence-corrected chi connectivity index (χ2v) is 4.24. The Labute approximate surface area is 118 Å². The monoisotopic (exact) mass is 267 g/mol. The number of hydrogen-bond acceptors (Lipinski definition) is 3. The van der Waals surface area contributed by atoms with Gasteiger partial charge in [0.05, 0.1) is 13.2 Å². The molecule has 1 aromatic rings. The van der Waals surface area contributed by atoms with Crippen molar-refractivity contribution in [1.82, 2.24) is 0 Å². The molecule has 100 valence electrons. The first-order chi connectivity index (χ1) is 9.54. The van der Waals surface area contributed by atoms with Crippen LogP contribution in [0.3, 0.4) is 0 Å². The van der Waals surface area contributed by atoms with Crippen molar-refractivity contribution in [3.8, 4) is 6.07 Å². The Kier molecular flexibility index (Phi) is 4.84. The average molecular weight is 267 g/mol. The van der Waals surface area contributed by atoms with Crippen LogP contribution in [0.4, 0.5) is 5.69 Å². The lowest BCUT2D eigenvalue weighted by Crippen LogP contribution is -2.43.